The first-order valence-electron chi connectivity index (χ1n) is 8.13. The van der Waals surface area contributed by atoms with Crippen LogP contribution in [-0.2, 0) is 11.8 Å². The molecule has 1 aromatic carbocycles. The van der Waals surface area contributed by atoms with Gasteiger partial charge < -0.3 is 19.5 Å². The van der Waals surface area contributed by atoms with Crippen LogP contribution >= 0.6 is 0 Å². The summed E-state index contributed by atoms with van der Waals surface area (Å²) in [6.45, 7) is 1.42. The second kappa shape index (κ2) is 5.74. The Balaban J connectivity index is 1.72. The van der Waals surface area contributed by atoms with E-state index < -0.39 is 0 Å². The average Bonchev–Trinajstić information content (AvgIpc) is 3.22. The number of ether oxygens (including phenoxy) is 1. The zero-order valence-corrected chi connectivity index (χ0v) is 13.2. The number of carbonyl (C=O) groups is 1. The summed E-state index contributed by atoms with van der Waals surface area (Å²) in [4.78, 5) is 15.0. The molecule has 2 aliphatic rings. The molecule has 1 N–H and O–H groups in total. The zero-order valence-electron chi connectivity index (χ0n) is 13.2. The van der Waals surface area contributed by atoms with E-state index >= 15 is 0 Å². The van der Waals surface area contributed by atoms with E-state index in [0.29, 0.717) is 6.54 Å². The number of benzene rings is 1. The van der Waals surface area contributed by atoms with Gasteiger partial charge in [-0.25, -0.2) is 0 Å². The number of hydrogen-bond acceptors (Lipinski definition) is 3. The van der Waals surface area contributed by atoms with Crippen molar-refractivity contribution in [2.45, 2.75) is 25.1 Å². The molecule has 2 unspecified atom stereocenters. The maximum Gasteiger partial charge on any atom is 0.257 e. The van der Waals surface area contributed by atoms with E-state index in [4.69, 9.17) is 4.74 Å². The second-order valence-corrected chi connectivity index (χ2v) is 6.23. The van der Waals surface area contributed by atoms with Crippen molar-refractivity contribution in [3.8, 4) is 0 Å². The molecule has 1 fully saturated rings. The van der Waals surface area contributed by atoms with Gasteiger partial charge in [-0.05, 0) is 37.1 Å². The Kier molecular flexibility index (Phi) is 3.58. The van der Waals surface area contributed by atoms with Crippen LogP contribution in [0.1, 0.15) is 35.1 Å². The number of carbonyl (C=O) groups excluding carboxylic acids is 1. The van der Waals surface area contributed by atoms with Gasteiger partial charge in [-0.15, -0.1) is 0 Å². The van der Waals surface area contributed by atoms with Crippen LogP contribution < -0.4 is 5.32 Å². The van der Waals surface area contributed by atoms with Gasteiger partial charge in [0.1, 0.15) is 6.17 Å². The van der Waals surface area contributed by atoms with E-state index in [1.807, 2.05) is 48.5 Å². The van der Waals surface area contributed by atoms with E-state index in [1.54, 1.807) is 0 Å². The zero-order chi connectivity index (χ0) is 15.8. The number of aromatic nitrogens is 1. The number of rotatable bonds is 3. The maximum atomic E-state index is 13.0. The van der Waals surface area contributed by atoms with Crippen LogP contribution in [0.3, 0.4) is 0 Å². The molecule has 1 amide bonds. The first kappa shape index (κ1) is 14.3. The van der Waals surface area contributed by atoms with Crippen molar-refractivity contribution in [2.75, 3.05) is 18.5 Å². The molecular weight excluding hydrogens is 290 g/mol. The van der Waals surface area contributed by atoms with E-state index in [-0.39, 0.29) is 18.2 Å². The highest BCUT2D eigenvalue weighted by Crippen LogP contribution is 2.33. The summed E-state index contributed by atoms with van der Waals surface area (Å²) in [5.41, 5.74) is 2.70. The predicted molar refractivity (Wildman–Crippen MR) is 88.2 cm³/mol. The number of para-hydroxylation sites is 1. The number of hydrogen-bond donors (Lipinski definition) is 1. The molecule has 2 aliphatic heterocycles. The third-order valence-corrected chi connectivity index (χ3v) is 4.71. The number of fused-ring (bicyclic) bond motifs is 1. The third kappa shape index (κ3) is 2.51. The Labute approximate surface area is 135 Å². The summed E-state index contributed by atoms with van der Waals surface area (Å²) in [6.07, 6.45) is 4.07. The largest absolute Gasteiger partial charge is 0.376 e. The highest BCUT2D eigenvalue weighted by molar-refractivity contribution is 6.01. The smallest absolute Gasteiger partial charge is 0.257 e. The normalized spacial score (nSPS) is 23.7. The Morgan fingerprint density at radius 2 is 2.13 bits per heavy atom. The fourth-order valence-corrected chi connectivity index (χ4v) is 3.48. The third-order valence-electron chi connectivity index (χ3n) is 4.71. The SMILES string of the molecule is Cn1cccc1C1Nc2ccccc2C(=O)N1CC1CCCO1. The first-order chi connectivity index (χ1) is 11.2. The number of nitrogens with one attached hydrogen (secondary N) is 1. The summed E-state index contributed by atoms with van der Waals surface area (Å²) in [5.74, 6) is 0.0704. The van der Waals surface area contributed by atoms with Crippen LogP contribution in [0, 0.1) is 0 Å². The van der Waals surface area contributed by atoms with Gasteiger partial charge in [0, 0.05) is 32.1 Å². The van der Waals surface area contributed by atoms with E-state index in [9.17, 15) is 4.79 Å². The quantitative estimate of drug-likeness (QED) is 0.948. The Morgan fingerprint density at radius 1 is 1.26 bits per heavy atom. The Bertz CT molecular complexity index is 719. The summed E-state index contributed by atoms with van der Waals surface area (Å²) < 4.78 is 7.82. The van der Waals surface area contributed by atoms with Crippen molar-refractivity contribution in [1.82, 2.24) is 9.47 Å². The van der Waals surface area contributed by atoms with Crippen LogP contribution in [0.15, 0.2) is 42.6 Å². The first-order valence-corrected chi connectivity index (χ1v) is 8.13. The van der Waals surface area contributed by atoms with Crippen molar-refractivity contribution in [3.63, 3.8) is 0 Å². The average molecular weight is 311 g/mol. The molecule has 5 heteroatoms. The topological polar surface area (TPSA) is 46.5 Å². The second-order valence-electron chi connectivity index (χ2n) is 6.23. The fourth-order valence-electron chi connectivity index (χ4n) is 3.48. The molecule has 5 nitrogen and oxygen atoms in total. The molecule has 23 heavy (non-hydrogen) atoms. The summed E-state index contributed by atoms with van der Waals surface area (Å²) in [6, 6.07) is 11.8. The molecule has 0 spiro atoms. The van der Waals surface area contributed by atoms with Gasteiger partial charge in [-0.3, -0.25) is 4.79 Å². The number of nitrogens with zero attached hydrogens (tertiary/aromatic N) is 2. The monoisotopic (exact) mass is 311 g/mol. The molecule has 0 radical (unpaired) electrons. The molecule has 0 bridgehead atoms. The summed E-state index contributed by atoms with van der Waals surface area (Å²) >= 11 is 0. The van der Waals surface area contributed by atoms with E-state index in [2.05, 4.69) is 16.0 Å². The van der Waals surface area contributed by atoms with Gasteiger partial charge >= 0.3 is 0 Å². The van der Waals surface area contributed by atoms with Crippen molar-refractivity contribution in [1.29, 1.82) is 0 Å². The van der Waals surface area contributed by atoms with E-state index in [0.717, 1.165) is 36.4 Å². The van der Waals surface area contributed by atoms with Crippen molar-refractivity contribution in [2.24, 2.45) is 7.05 Å². The Morgan fingerprint density at radius 3 is 2.87 bits per heavy atom. The van der Waals surface area contributed by atoms with Crippen LogP contribution in [0.2, 0.25) is 0 Å². The van der Waals surface area contributed by atoms with Gasteiger partial charge in [0.15, 0.2) is 0 Å². The van der Waals surface area contributed by atoms with E-state index in [1.165, 1.54) is 0 Å². The molecule has 1 saturated heterocycles. The van der Waals surface area contributed by atoms with Gasteiger partial charge in [0.2, 0.25) is 0 Å². The lowest BCUT2D eigenvalue weighted by Crippen LogP contribution is -2.46. The standard InChI is InChI=1S/C18H21N3O2/c1-20-10-4-9-16(20)17-19-15-8-3-2-7-14(15)18(22)21(17)12-13-6-5-11-23-13/h2-4,7-10,13,17,19H,5-6,11-12H2,1H3. The van der Waals surface area contributed by atoms with Crippen LogP contribution in [0.4, 0.5) is 5.69 Å². The summed E-state index contributed by atoms with van der Waals surface area (Å²) in [7, 11) is 2.01. The van der Waals surface area contributed by atoms with Gasteiger partial charge in [-0.2, -0.15) is 0 Å². The minimum Gasteiger partial charge on any atom is -0.376 e. The number of anilines is 1. The fraction of sp³-hybridized carbons (Fsp3) is 0.389. The lowest BCUT2D eigenvalue weighted by Gasteiger charge is -2.39. The highest BCUT2D eigenvalue weighted by atomic mass is 16.5. The molecule has 2 atom stereocenters. The Hall–Kier alpha value is -2.27. The molecule has 3 heterocycles. The maximum absolute atomic E-state index is 13.0. The molecular formula is C18H21N3O2. The molecule has 0 aliphatic carbocycles. The highest BCUT2D eigenvalue weighted by Gasteiger charge is 2.35. The van der Waals surface area contributed by atoms with Crippen molar-refractivity contribution >= 4 is 11.6 Å². The predicted octanol–water partition coefficient (Wildman–Crippen LogP) is 2.77. The molecule has 0 saturated carbocycles. The number of amides is 1. The lowest BCUT2D eigenvalue weighted by atomic mass is 10.1. The molecule has 2 aromatic rings. The van der Waals surface area contributed by atoms with Crippen molar-refractivity contribution in [3.05, 3.63) is 53.9 Å². The van der Waals surface area contributed by atoms with Crippen molar-refractivity contribution < 1.29 is 9.53 Å². The molecule has 120 valence electrons. The summed E-state index contributed by atoms with van der Waals surface area (Å²) in [5, 5.41) is 3.52. The number of aryl methyl sites for hydroxylation is 1. The van der Waals surface area contributed by atoms with Crippen LogP contribution in [-0.4, -0.2) is 34.6 Å². The van der Waals surface area contributed by atoms with Gasteiger partial charge in [0.25, 0.3) is 5.91 Å². The van der Waals surface area contributed by atoms with Crippen LogP contribution in [0.25, 0.3) is 0 Å². The van der Waals surface area contributed by atoms with Gasteiger partial charge in [0.05, 0.1) is 17.4 Å². The molecule has 4 rings (SSSR count). The van der Waals surface area contributed by atoms with Crippen LogP contribution in [0.5, 0.6) is 0 Å². The van der Waals surface area contributed by atoms with Gasteiger partial charge in [-0.1, -0.05) is 12.1 Å². The lowest BCUT2D eigenvalue weighted by molar-refractivity contribution is 0.0419. The molecule has 1 aromatic heterocycles. The minimum atomic E-state index is -0.165. The minimum absolute atomic E-state index is 0.0704.